The highest BCUT2D eigenvalue weighted by atomic mass is 32.2. The van der Waals surface area contributed by atoms with Gasteiger partial charge in [-0.25, -0.2) is 0 Å². The van der Waals surface area contributed by atoms with Gasteiger partial charge in [-0.1, -0.05) is 43.3 Å². The third-order valence-corrected chi connectivity index (χ3v) is 5.20. The van der Waals surface area contributed by atoms with Gasteiger partial charge in [-0.3, -0.25) is 4.79 Å². The Balaban J connectivity index is 1.61. The highest BCUT2D eigenvalue weighted by Crippen LogP contribution is 2.20. The number of rotatable bonds is 7. The molecule has 3 rings (SSSR count). The Hall–Kier alpha value is -2.67. The first-order valence-corrected chi connectivity index (χ1v) is 9.93. The predicted octanol–water partition coefficient (Wildman–Crippen LogP) is 3.96. The Morgan fingerprint density at radius 3 is 2.59 bits per heavy atom. The van der Waals surface area contributed by atoms with E-state index in [1.165, 1.54) is 28.5 Å². The van der Waals surface area contributed by atoms with Gasteiger partial charge in [0.15, 0.2) is 0 Å². The van der Waals surface area contributed by atoms with Gasteiger partial charge in [0.2, 0.25) is 11.1 Å². The van der Waals surface area contributed by atoms with Crippen LogP contribution in [0.2, 0.25) is 0 Å². The summed E-state index contributed by atoms with van der Waals surface area (Å²) in [5.41, 5.74) is 5.35. The van der Waals surface area contributed by atoms with Crippen molar-refractivity contribution in [2.24, 2.45) is 0 Å². The maximum absolute atomic E-state index is 12.3. The molecule has 1 heterocycles. The zero-order chi connectivity index (χ0) is 19.2. The van der Waals surface area contributed by atoms with Crippen LogP contribution in [0.15, 0.2) is 47.6 Å². The molecule has 0 aliphatic heterocycles. The van der Waals surface area contributed by atoms with Crippen LogP contribution in [0.25, 0.3) is 5.69 Å². The lowest BCUT2D eigenvalue weighted by atomic mass is 10.1. The quantitative estimate of drug-likeness (QED) is 0.627. The Kier molecular flexibility index (Phi) is 6.24. The summed E-state index contributed by atoms with van der Waals surface area (Å²) in [7, 11) is 0. The Labute approximate surface area is 163 Å². The third-order valence-electron chi connectivity index (χ3n) is 4.28. The number of carbonyl (C=O) groups is 1. The summed E-state index contributed by atoms with van der Waals surface area (Å²) < 4.78 is 1.66. The molecule has 1 amide bonds. The maximum atomic E-state index is 12.3. The molecular formula is C20H23N5OS. The molecule has 0 spiro atoms. The van der Waals surface area contributed by atoms with E-state index in [-0.39, 0.29) is 11.7 Å². The van der Waals surface area contributed by atoms with Gasteiger partial charge in [0.1, 0.15) is 0 Å². The molecule has 0 unspecified atom stereocenters. The lowest BCUT2D eigenvalue weighted by Gasteiger charge is -2.08. The fourth-order valence-electron chi connectivity index (χ4n) is 2.66. The van der Waals surface area contributed by atoms with E-state index in [9.17, 15) is 4.79 Å². The summed E-state index contributed by atoms with van der Waals surface area (Å²) in [5, 5.41) is 15.3. The average molecular weight is 382 g/mol. The number of aryl methyl sites for hydroxylation is 3. The molecule has 0 fully saturated rings. The van der Waals surface area contributed by atoms with Crippen molar-refractivity contribution in [1.82, 2.24) is 20.2 Å². The predicted molar refractivity (Wildman–Crippen MR) is 108 cm³/mol. The number of nitrogens with one attached hydrogen (secondary N) is 1. The molecule has 1 N–H and O–H groups in total. The van der Waals surface area contributed by atoms with Crippen LogP contribution in [0.3, 0.4) is 0 Å². The topological polar surface area (TPSA) is 72.7 Å². The summed E-state index contributed by atoms with van der Waals surface area (Å²) in [6, 6.07) is 14.0. The molecule has 0 bridgehead atoms. The van der Waals surface area contributed by atoms with Crippen molar-refractivity contribution in [1.29, 1.82) is 0 Å². The lowest BCUT2D eigenvalue weighted by Crippen LogP contribution is -2.14. The van der Waals surface area contributed by atoms with Crippen molar-refractivity contribution in [3.05, 3.63) is 59.2 Å². The second-order valence-electron chi connectivity index (χ2n) is 6.43. The molecule has 7 heteroatoms. The van der Waals surface area contributed by atoms with Crippen molar-refractivity contribution in [2.75, 3.05) is 11.1 Å². The minimum atomic E-state index is -0.0853. The summed E-state index contributed by atoms with van der Waals surface area (Å²) in [5.74, 6) is 0.153. The molecular weight excluding hydrogens is 358 g/mol. The van der Waals surface area contributed by atoms with Gasteiger partial charge in [0.05, 0.1) is 11.4 Å². The number of amides is 1. The number of benzene rings is 2. The minimum Gasteiger partial charge on any atom is -0.325 e. The zero-order valence-corrected chi connectivity index (χ0v) is 16.6. The van der Waals surface area contributed by atoms with Crippen molar-refractivity contribution in [3.8, 4) is 5.69 Å². The van der Waals surface area contributed by atoms with Crippen LogP contribution < -0.4 is 5.32 Å². The number of tetrazole rings is 1. The largest absolute Gasteiger partial charge is 0.325 e. The minimum absolute atomic E-state index is 0.0853. The van der Waals surface area contributed by atoms with Crippen LogP contribution in [0, 0.1) is 13.8 Å². The highest BCUT2D eigenvalue weighted by molar-refractivity contribution is 7.99. The van der Waals surface area contributed by atoms with Crippen molar-refractivity contribution in [3.63, 3.8) is 0 Å². The van der Waals surface area contributed by atoms with Gasteiger partial charge in [0.25, 0.3) is 0 Å². The first-order chi connectivity index (χ1) is 13.1. The molecule has 0 atom stereocenters. The second kappa shape index (κ2) is 8.81. The number of anilines is 1. The monoisotopic (exact) mass is 381 g/mol. The average Bonchev–Trinajstić information content (AvgIpc) is 3.13. The summed E-state index contributed by atoms with van der Waals surface area (Å²) in [6.07, 6.45) is 2.16. The molecule has 0 saturated carbocycles. The number of hydrogen-bond acceptors (Lipinski definition) is 5. The zero-order valence-electron chi connectivity index (χ0n) is 15.8. The normalized spacial score (nSPS) is 10.8. The van der Waals surface area contributed by atoms with E-state index in [0.29, 0.717) is 5.16 Å². The SMILES string of the molecule is CCCc1ccc(NC(=O)CSc2nnnn2-c2ccc(C)c(C)c2)cc1. The highest BCUT2D eigenvalue weighted by Gasteiger charge is 2.12. The van der Waals surface area contributed by atoms with Gasteiger partial charge < -0.3 is 5.32 Å². The first kappa shape index (κ1) is 19.1. The van der Waals surface area contributed by atoms with Gasteiger partial charge >= 0.3 is 0 Å². The Bertz CT molecular complexity index is 920. The summed E-state index contributed by atoms with van der Waals surface area (Å²) >= 11 is 1.31. The molecule has 0 radical (unpaired) electrons. The number of thioether (sulfide) groups is 1. The summed E-state index contributed by atoms with van der Waals surface area (Å²) in [4.78, 5) is 12.3. The van der Waals surface area contributed by atoms with E-state index in [4.69, 9.17) is 0 Å². The van der Waals surface area contributed by atoms with Crippen LogP contribution in [0.5, 0.6) is 0 Å². The maximum Gasteiger partial charge on any atom is 0.234 e. The van der Waals surface area contributed by atoms with E-state index >= 15 is 0 Å². The second-order valence-corrected chi connectivity index (χ2v) is 7.37. The van der Waals surface area contributed by atoms with E-state index < -0.39 is 0 Å². The van der Waals surface area contributed by atoms with E-state index in [1.54, 1.807) is 4.68 Å². The van der Waals surface area contributed by atoms with Crippen molar-refractivity contribution < 1.29 is 4.79 Å². The molecule has 27 heavy (non-hydrogen) atoms. The van der Waals surface area contributed by atoms with Crippen LogP contribution in [0.1, 0.15) is 30.0 Å². The van der Waals surface area contributed by atoms with Crippen LogP contribution in [-0.4, -0.2) is 31.9 Å². The van der Waals surface area contributed by atoms with E-state index in [0.717, 1.165) is 24.2 Å². The molecule has 6 nitrogen and oxygen atoms in total. The molecule has 140 valence electrons. The van der Waals surface area contributed by atoms with Crippen molar-refractivity contribution in [2.45, 2.75) is 38.8 Å². The lowest BCUT2D eigenvalue weighted by molar-refractivity contribution is -0.113. The molecule has 0 aliphatic rings. The van der Waals surface area contributed by atoms with E-state index in [1.807, 2.05) is 42.5 Å². The van der Waals surface area contributed by atoms with Gasteiger partial charge in [0, 0.05) is 5.69 Å². The molecule has 0 aliphatic carbocycles. The fraction of sp³-hybridized carbons (Fsp3) is 0.300. The van der Waals surface area contributed by atoms with Crippen molar-refractivity contribution >= 4 is 23.4 Å². The van der Waals surface area contributed by atoms with Gasteiger partial charge in [-0.05, 0) is 71.7 Å². The standard InChI is InChI=1S/C20H23N5OS/c1-4-5-16-7-9-17(10-8-16)21-19(26)13-27-20-22-23-24-25(20)18-11-6-14(2)15(3)12-18/h6-12H,4-5,13H2,1-3H3,(H,21,26). The fourth-order valence-corrected chi connectivity index (χ4v) is 3.35. The number of carbonyl (C=O) groups excluding carboxylic acids is 1. The number of aromatic nitrogens is 4. The summed E-state index contributed by atoms with van der Waals surface area (Å²) in [6.45, 7) is 6.27. The van der Waals surface area contributed by atoms with Crippen LogP contribution >= 0.6 is 11.8 Å². The first-order valence-electron chi connectivity index (χ1n) is 8.94. The molecule has 3 aromatic rings. The molecule has 2 aromatic carbocycles. The Morgan fingerprint density at radius 2 is 1.89 bits per heavy atom. The third kappa shape index (κ3) is 4.95. The van der Waals surface area contributed by atoms with Gasteiger partial charge in [-0.15, -0.1) is 5.10 Å². The number of hydrogen-bond donors (Lipinski definition) is 1. The molecule has 1 aromatic heterocycles. The Morgan fingerprint density at radius 1 is 1.11 bits per heavy atom. The van der Waals surface area contributed by atoms with Gasteiger partial charge in [-0.2, -0.15) is 4.68 Å². The molecule has 0 saturated heterocycles. The van der Waals surface area contributed by atoms with E-state index in [2.05, 4.69) is 41.6 Å². The van der Waals surface area contributed by atoms with Crippen LogP contribution in [0.4, 0.5) is 5.69 Å². The smallest absolute Gasteiger partial charge is 0.234 e. The van der Waals surface area contributed by atoms with Crippen LogP contribution in [-0.2, 0) is 11.2 Å². The number of nitrogens with zero attached hydrogens (tertiary/aromatic N) is 4.